The summed E-state index contributed by atoms with van der Waals surface area (Å²) in [7, 11) is 3.96. The number of fused-ring (bicyclic) bond motifs is 1. The zero-order chi connectivity index (χ0) is 20.9. The number of nitrogens with one attached hydrogen (secondary N) is 1. The molecule has 0 spiro atoms. The zero-order valence-corrected chi connectivity index (χ0v) is 17.1. The van der Waals surface area contributed by atoms with Crippen LogP contribution in [-0.2, 0) is 20.1 Å². The fourth-order valence-electron chi connectivity index (χ4n) is 3.33. The van der Waals surface area contributed by atoms with E-state index >= 15 is 0 Å². The van der Waals surface area contributed by atoms with Gasteiger partial charge in [-0.1, -0.05) is 18.7 Å². The number of hydrogen-bond acceptors (Lipinski definition) is 6. The van der Waals surface area contributed by atoms with Gasteiger partial charge >= 0.3 is 0 Å². The SMILES string of the molecule is C=CN/C=C\c1nccn1Cc1nc(N(C)Cc2cnn(C)c2)c2ccccc2n1. The topological polar surface area (TPSA) is 76.7 Å². The first-order valence-electron chi connectivity index (χ1n) is 9.63. The highest BCUT2D eigenvalue weighted by Crippen LogP contribution is 2.24. The van der Waals surface area contributed by atoms with Crippen LogP contribution in [0.15, 0.2) is 68.0 Å². The van der Waals surface area contributed by atoms with Gasteiger partial charge in [0.05, 0.1) is 18.3 Å². The third-order valence-electron chi connectivity index (χ3n) is 4.68. The lowest BCUT2D eigenvalue weighted by atomic mass is 10.2. The summed E-state index contributed by atoms with van der Waals surface area (Å²) in [6.45, 7) is 4.87. The van der Waals surface area contributed by atoms with E-state index in [9.17, 15) is 0 Å². The lowest BCUT2D eigenvalue weighted by Crippen LogP contribution is -2.19. The minimum absolute atomic E-state index is 0.520. The smallest absolute Gasteiger partial charge is 0.151 e. The molecule has 0 aliphatic rings. The summed E-state index contributed by atoms with van der Waals surface area (Å²) in [4.78, 5) is 16.2. The molecule has 4 rings (SSSR count). The molecule has 0 unspecified atom stereocenters. The van der Waals surface area contributed by atoms with Crippen molar-refractivity contribution in [1.29, 1.82) is 0 Å². The molecule has 0 amide bonds. The van der Waals surface area contributed by atoms with Crippen molar-refractivity contribution in [3.63, 3.8) is 0 Å². The van der Waals surface area contributed by atoms with Gasteiger partial charge in [0.25, 0.3) is 0 Å². The van der Waals surface area contributed by atoms with Gasteiger partial charge in [-0.05, 0) is 24.4 Å². The first kappa shape index (κ1) is 19.4. The van der Waals surface area contributed by atoms with Crippen LogP contribution in [0.4, 0.5) is 5.82 Å². The van der Waals surface area contributed by atoms with Crippen LogP contribution in [0.3, 0.4) is 0 Å². The second kappa shape index (κ2) is 8.60. The summed E-state index contributed by atoms with van der Waals surface area (Å²) in [5.74, 6) is 2.43. The molecule has 8 heteroatoms. The fraction of sp³-hybridized carbons (Fsp3) is 0.182. The molecule has 0 radical (unpaired) electrons. The van der Waals surface area contributed by atoms with Crippen molar-refractivity contribution < 1.29 is 0 Å². The van der Waals surface area contributed by atoms with E-state index in [0.29, 0.717) is 13.1 Å². The molecule has 152 valence electrons. The Kier molecular flexibility index (Phi) is 5.56. The Labute approximate surface area is 175 Å². The molecule has 30 heavy (non-hydrogen) atoms. The Morgan fingerprint density at radius 2 is 2.10 bits per heavy atom. The van der Waals surface area contributed by atoms with Crippen LogP contribution in [0.25, 0.3) is 17.0 Å². The van der Waals surface area contributed by atoms with Gasteiger partial charge in [-0.3, -0.25) is 4.68 Å². The average Bonchev–Trinajstić information content (AvgIpc) is 3.36. The van der Waals surface area contributed by atoms with Crippen LogP contribution in [0.5, 0.6) is 0 Å². The Hall–Kier alpha value is -3.94. The lowest BCUT2D eigenvalue weighted by Gasteiger charge is -2.20. The summed E-state index contributed by atoms with van der Waals surface area (Å²) < 4.78 is 3.82. The van der Waals surface area contributed by atoms with Crippen LogP contribution in [0.1, 0.15) is 17.2 Å². The largest absolute Gasteiger partial charge is 0.368 e. The van der Waals surface area contributed by atoms with Crippen LogP contribution >= 0.6 is 0 Å². The van der Waals surface area contributed by atoms with E-state index in [1.165, 1.54) is 0 Å². The standard InChI is InChI=1S/C22H24N8/c1-4-23-10-9-21-24-11-12-30(21)16-20-26-19-8-6-5-7-18(19)22(27-20)28(2)14-17-13-25-29(3)15-17/h4-13,15,23H,1,14,16H2,2-3H3/b10-9-. The van der Waals surface area contributed by atoms with Gasteiger partial charge in [0.1, 0.15) is 11.6 Å². The van der Waals surface area contributed by atoms with Gasteiger partial charge in [0, 0.05) is 56.4 Å². The third-order valence-corrected chi connectivity index (χ3v) is 4.68. The molecule has 8 nitrogen and oxygen atoms in total. The molecule has 0 fully saturated rings. The number of imidazole rings is 1. The first-order valence-corrected chi connectivity index (χ1v) is 9.63. The van der Waals surface area contributed by atoms with Gasteiger partial charge in [0.2, 0.25) is 0 Å². The van der Waals surface area contributed by atoms with Gasteiger partial charge in [-0.15, -0.1) is 0 Å². The number of rotatable bonds is 8. The second-order valence-electron chi connectivity index (χ2n) is 6.98. The van der Waals surface area contributed by atoms with E-state index in [1.807, 2.05) is 66.2 Å². The number of aromatic nitrogens is 6. The van der Waals surface area contributed by atoms with Gasteiger partial charge in [0.15, 0.2) is 5.82 Å². The molecule has 0 aliphatic heterocycles. The summed E-state index contributed by atoms with van der Waals surface area (Å²) in [6.07, 6.45) is 12.9. The summed E-state index contributed by atoms with van der Waals surface area (Å²) in [5, 5.41) is 8.22. The molecule has 0 bridgehead atoms. The maximum Gasteiger partial charge on any atom is 0.151 e. The van der Waals surface area contributed by atoms with Crippen molar-refractivity contribution >= 4 is 22.8 Å². The molecule has 3 aromatic heterocycles. The fourth-order valence-corrected chi connectivity index (χ4v) is 3.33. The summed E-state index contributed by atoms with van der Waals surface area (Å²) >= 11 is 0. The molecule has 0 aliphatic carbocycles. The Morgan fingerprint density at radius 1 is 1.23 bits per heavy atom. The van der Waals surface area contributed by atoms with Gasteiger partial charge in [-0.2, -0.15) is 5.10 Å². The molecule has 4 aromatic rings. The summed E-state index contributed by atoms with van der Waals surface area (Å²) in [5.41, 5.74) is 2.04. The monoisotopic (exact) mass is 400 g/mol. The highest BCUT2D eigenvalue weighted by atomic mass is 15.2. The molecule has 1 N–H and O–H groups in total. The normalized spacial score (nSPS) is 11.3. The number of para-hydroxylation sites is 1. The Bertz CT molecular complexity index is 1190. The maximum atomic E-state index is 4.90. The molecule has 1 aromatic carbocycles. The van der Waals surface area contributed by atoms with Crippen LogP contribution in [0, 0.1) is 0 Å². The van der Waals surface area contributed by atoms with Crippen molar-refractivity contribution in [1.82, 2.24) is 34.6 Å². The Balaban J connectivity index is 1.67. The maximum absolute atomic E-state index is 4.90. The first-order chi connectivity index (χ1) is 14.6. The van der Waals surface area contributed by atoms with Crippen molar-refractivity contribution in [3.8, 4) is 0 Å². The number of hydrogen-bond donors (Lipinski definition) is 1. The highest BCUT2D eigenvalue weighted by molar-refractivity contribution is 5.89. The molecule has 0 saturated heterocycles. The minimum Gasteiger partial charge on any atom is -0.368 e. The molecule has 0 atom stereocenters. The van der Waals surface area contributed by atoms with Gasteiger partial charge in [-0.25, -0.2) is 15.0 Å². The van der Waals surface area contributed by atoms with E-state index in [2.05, 4.69) is 32.9 Å². The number of nitrogens with zero attached hydrogens (tertiary/aromatic N) is 7. The van der Waals surface area contributed by atoms with Crippen molar-refractivity contribution in [2.24, 2.45) is 7.05 Å². The molecule has 0 saturated carbocycles. The minimum atomic E-state index is 0.520. The third kappa shape index (κ3) is 4.22. The van der Waals surface area contributed by atoms with Gasteiger partial charge < -0.3 is 14.8 Å². The number of benzene rings is 1. The van der Waals surface area contributed by atoms with E-state index in [0.717, 1.165) is 33.9 Å². The van der Waals surface area contributed by atoms with Crippen LogP contribution in [-0.4, -0.2) is 36.3 Å². The predicted octanol–water partition coefficient (Wildman–Crippen LogP) is 2.95. The Morgan fingerprint density at radius 3 is 2.90 bits per heavy atom. The predicted molar refractivity (Wildman–Crippen MR) is 119 cm³/mol. The van der Waals surface area contributed by atoms with E-state index in [1.54, 1.807) is 18.6 Å². The van der Waals surface area contributed by atoms with E-state index in [4.69, 9.17) is 9.97 Å². The highest BCUT2D eigenvalue weighted by Gasteiger charge is 2.13. The lowest BCUT2D eigenvalue weighted by molar-refractivity contribution is 0.735. The second-order valence-corrected chi connectivity index (χ2v) is 6.98. The summed E-state index contributed by atoms with van der Waals surface area (Å²) in [6, 6.07) is 8.08. The molecular weight excluding hydrogens is 376 g/mol. The molecular formula is C22H24N8. The zero-order valence-electron chi connectivity index (χ0n) is 17.1. The number of anilines is 1. The van der Waals surface area contributed by atoms with E-state index in [-0.39, 0.29) is 0 Å². The average molecular weight is 400 g/mol. The van der Waals surface area contributed by atoms with E-state index < -0.39 is 0 Å². The van der Waals surface area contributed by atoms with Crippen LogP contribution in [0.2, 0.25) is 0 Å². The van der Waals surface area contributed by atoms with Crippen LogP contribution < -0.4 is 10.2 Å². The molecule has 3 heterocycles. The number of aryl methyl sites for hydroxylation is 1. The quantitative estimate of drug-likeness (QED) is 0.490. The van der Waals surface area contributed by atoms with Crippen molar-refractivity contribution in [2.45, 2.75) is 13.1 Å². The van der Waals surface area contributed by atoms with Crippen molar-refractivity contribution in [3.05, 3.63) is 85.2 Å². The van der Waals surface area contributed by atoms with Crippen molar-refractivity contribution in [2.75, 3.05) is 11.9 Å².